The molecule has 3 aromatic rings. The fourth-order valence-corrected chi connectivity index (χ4v) is 2.89. The number of anilines is 1. The number of hydrogen-bond donors (Lipinski definition) is 2. The summed E-state index contributed by atoms with van der Waals surface area (Å²) >= 11 is 0. The van der Waals surface area contributed by atoms with Crippen LogP contribution in [0.5, 0.6) is 11.5 Å². The van der Waals surface area contributed by atoms with Crippen LogP contribution in [-0.2, 0) is 9.53 Å². The van der Waals surface area contributed by atoms with Crippen molar-refractivity contribution in [2.45, 2.75) is 6.92 Å². The molecular formula is C21H19N5O6. The quantitative estimate of drug-likeness (QED) is 0.578. The SMILES string of the molecule is Cc1nn(-c2ccccc2)nc1C(=O)OCC(=O)NC(=O)Nc1ccc2c(c1)OCCO2. The monoisotopic (exact) mass is 437 g/mol. The lowest BCUT2D eigenvalue weighted by Crippen LogP contribution is -2.37. The normalized spacial score (nSPS) is 12.0. The van der Waals surface area contributed by atoms with E-state index in [1.807, 2.05) is 18.2 Å². The average Bonchev–Trinajstić information content (AvgIpc) is 3.19. The van der Waals surface area contributed by atoms with Crippen LogP contribution in [-0.4, -0.2) is 52.7 Å². The van der Waals surface area contributed by atoms with Gasteiger partial charge < -0.3 is 19.5 Å². The number of ether oxygens (including phenoxy) is 3. The molecule has 2 aromatic carbocycles. The summed E-state index contributed by atoms with van der Waals surface area (Å²) in [5, 5.41) is 12.9. The number of esters is 1. The maximum atomic E-state index is 12.3. The fraction of sp³-hybridized carbons (Fsp3) is 0.190. The molecule has 0 saturated carbocycles. The van der Waals surface area contributed by atoms with E-state index in [0.29, 0.717) is 41.8 Å². The summed E-state index contributed by atoms with van der Waals surface area (Å²) in [5.74, 6) is -0.563. The zero-order valence-corrected chi connectivity index (χ0v) is 17.0. The lowest BCUT2D eigenvalue weighted by molar-refractivity contribution is -0.123. The summed E-state index contributed by atoms with van der Waals surface area (Å²) in [6.07, 6.45) is 0. The van der Waals surface area contributed by atoms with Gasteiger partial charge in [-0.2, -0.15) is 9.90 Å². The Bertz CT molecular complexity index is 1160. The van der Waals surface area contributed by atoms with E-state index < -0.39 is 24.5 Å². The first-order chi connectivity index (χ1) is 15.5. The number of nitrogens with one attached hydrogen (secondary N) is 2. The van der Waals surface area contributed by atoms with Crippen LogP contribution < -0.4 is 20.1 Å². The summed E-state index contributed by atoms with van der Waals surface area (Å²) in [6, 6.07) is 13.1. The molecule has 2 heterocycles. The van der Waals surface area contributed by atoms with E-state index in [2.05, 4.69) is 20.8 Å². The summed E-state index contributed by atoms with van der Waals surface area (Å²) in [7, 11) is 0. The van der Waals surface area contributed by atoms with Crippen LogP contribution >= 0.6 is 0 Å². The number of nitrogens with zero attached hydrogens (tertiary/aromatic N) is 3. The average molecular weight is 437 g/mol. The topological polar surface area (TPSA) is 134 Å². The van der Waals surface area contributed by atoms with Crippen molar-refractivity contribution in [3.63, 3.8) is 0 Å². The molecule has 0 unspecified atom stereocenters. The number of imide groups is 1. The number of benzene rings is 2. The van der Waals surface area contributed by atoms with E-state index in [1.165, 1.54) is 4.80 Å². The smallest absolute Gasteiger partial charge is 0.361 e. The third-order valence-electron chi connectivity index (χ3n) is 4.35. The number of aryl methyl sites for hydroxylation is 1. The second kappa shape index (κ2) is 9.16. The first kappa shape index (κ1) is 20.8. The molecule has 1 aliphatic heterocycles. The van der Waals surface area contributed by atoms with Crippen LogP contribution in [0.2, 0.25) is 0 Å². The maximum absolute atomic E-state index is 12.3. The molecule has 11 heteroatoms. The first-order valence-electron chi connectivity index (χ1n) is 9.66. The number of amides is 3. The highest BCUT2D eigenvalue weighted by atomic mass is 16.6. The zero-order chi connectivity index (χ0) is 22.5. The number of aromatic nitrogens is 3. The predicted molar refractivity (Wildman–Crippen MR) is 111 cm³/mol. The van der Waals surface area contributed by atoms with Crippen molar-refractivity contribution in [3.05, 3.63) is 59.9 Å². The maximum Gasteiger partial charge on any atom is 0.361 e. The minimum absolute atomic E-state index is 0.0256. The van der Waals surface area contributed by atoms with Gasteiger partial charge in [0.1, 0.15) is 13.2 Å². The molecule has 2 N–H and O–H groups in total. The summed E-state index contributed by atoms with van der Waals surface area (Å²) in [5.41, 5.74) is 1.39. The fourth-order valence-electron chi connectivity index (χ4n) is 2.89. The Balaban J connectivity index is 1.29. The molecule has 0 aliphatic carbocycles. The lowest BCUT2D eigenvalue weighted by atomic mass is 10.2. The van der Waals surface area contributed by atoms with Crippen molar-refractivity contribution in [1.29, 1.82) is 0 Å². The molecule has 0 radical (unpaired) electrons. The number of fused-ring (bicyclic) bond motifs is 1. The number of rotatable bonds is 5. The van der Waals surface area contributed by atoms with Crippen LogP contribution in [0.4, 0.5) is 10.5 Å². The minimum atomic E-state index is -0.827. The van der Waals surface area contributed by atoms with Crippen molar-refractivity contribution in [3.8, 4) is 17.2 Å². The third-order valence-corrected chi connectivity index (χ3v) is 4.35. The van der Waals surface area contributed by atoms with E-state index in [-0.39, 0.29) is 5.69 Å². The van der Waals surface area contributed by atoms with Gasteiger partial charge in [-0.25, -0.2) is 9.59 Å². The molecule has 4 rings (SSSR count). The van der Waals surface area contributed by atoms with Crippen molar-refractivity contribution >= 4 is 23.6 Å². The third kappa shape index (κ3) is 4.83. The molecule has 1 aromatic heterocycles. The van der Waals surface area contributed by atoms with Crippen molar-refractivity contribution in [2.24, 2.45) is 0 Å². The van der Waals surface area contributed by atoms with Gasteiger partial charge in [0, 0.05) is 11.8 Å². The zero-order valence-electron chi connectivity index (χ0n) is 17.0. The number of carbonyl (C=O) groups is 3. The summed E-state index contributed by atoms with van der Waals surface area (Å²) in [6.45, 7) is 1.80. The Morgan fingerprint density at radius 1 is 1.03 bits per heavy atom. The number of para-hydroxylation sites is 1. The highest BCUT2D eigenvalue weighted by molar-refractivity contribution is 6.02. The molecule has 0 spiro atoms. The van der Waals surface area contributed by atoms with E-state index >= 15 is 0 Å². The molecule has 0 fully saturated rings. The highest BCUT2D eigenvalue weighted by Gasteiger charge is 2.20. The molecule has 164 valence electrons. The molecule has 1 aliphatic rings. The number of urea groups is 1. The molecular weight excluding hydrogens is 418 g/mol. The van der Waals surface area contributed by atoms with Gasteiger partial charge in [0.25, 0.3) is 5.91 Å². The van der Waals surface area contributed by atoms with Gasteiger partial charge in [0.05, 0.1) is 11.4 Å². The van der Waals surface area contributed by atoms with Crippen LogP contribution in [0.1, 0.15) is 16.2 Å². The van der Waals surface area contributed by atoms with E-state index in [4.69, 9.17) is 14.2 Å². The van der Waals surface area contributed by atoms with Gasteiger partial charge in [-0.05, 0) is 31.2 Å². The first-order valence-corrected chi connectivity index (χ1v) is 9.66. The van der Waals surface area contributed by atoms with Gasteiger partial charge in [0.15, 0.2) is 23.8 Å². The lowest BCUT2D eigenvalue weighted by Gasteiger charge is -2.19. The molecule has 0 bridgehead atoms. The van der Waals surface area contributed by atoms with Crippen LogP contribution in [0.3, 0.4) is 0 Å². The minimum Gasteiger partial charge on any atom is -0.486 e. The summed E-state index contributed by atoms with van der Waals surface area (Å²) < 4.78 is 15.8. The molecule has 0 atom stereocenters. The van der Waals surface area contributed by atoms with Gasteiger partial charge in [-0.1, -0.05) is 18.2 Å². The predicted octanol–water partition coefficient (Wildman–Crippen LogP) is 1.85. The van der Waals surface area contributed by atoms with E-state index in [0.717, 1.165) is 0 Å². The Kier molecular flexibility index (Phi) is 5.97. The van der Waals surface area contributed by atoms with Crippen molar-refractivity contribution < 1.29 is 28.6 Å². The molecule has 11 nitrogen and oxygen atoms in total. The van der Waals surface area contributed by atoms with Gasteiger partial charge in [-0.3, -0.25) is 10.1 Å². The largest absolute Gasteiger partial charge is 0.486 e. The van der Waals surface area contributed by atoms with Crippen molar-refractivity contribution in [1.82, 2.24) is 20.3 Å². The second-order valence-corrected chi connectivity index (χ2v) is 6.70. The van der Waals surface area contributed by atoms with Crippen molar-refractivity contribution in [2.75, 3.05) is 25.1 Å². The van der Waals surface area contributed by atoms with Gasteiger partial charge in [0.2, 0.25) is 0 Å². The van der Waals surface area contributed by atoms with Crippen LogP contribution in [0, 0.1) is 6.92 Å². The Morgan fingerprint density at radius 2 is 1.78 bits per heavy atom. The van der Waals surface area contributed by atoms with E-state index in [1.54, 1.807) is 37.3 Å². The second-order valence-electron chi connectivity index (χ2n) is 6.70. The Morgan fingerprint density at radius 3 is 2.56 bits per heavy atom. The van der Waals surface area contributed by atoms with E-state index in [9.17, 15) is 14.4 Å². The molecule has 0 saturated heterocycles. The Hall–Kier alpha value is -4.41. The highest BCUT2D eigenvalue weighted by Crippen LogP contribution is 2.32. The number of hydrogen-bond acceptors (Lipinski definition) is 8. The standard InChI is InChI=1S/C21H19N5O6/c1-13-19(25-26(24-13)15-5-3-2-4-6-15)20(28)32-12-18(27)23-21(29)22-14-7-8-16-17(11-14)31-10-9-30-16/h2-8,11H,9-10,12H2,1H3,(H2,22,23,27,29). The number of carbonyl (C=O) groups excluding carboxylic acids is 3. The molecule has 32 heavy (non-hydrogen) atoms. The Labute approximate surface area is 182 Å². The molecule has 3 amide bonds. The van der Waals surface area contributed by atoms with Gasteiger partial charge in [-0.15, -0.1) is 5.10 Å². The van der Waals surface area contributed by atoms with Gasteiger partial charge >= 0.3 is 12.0 Å². The van der Waals surface area contributed by atoms with Crippen LogP contribution in [0.25, 0.3) is 5.69 Å². The van der Waals surface area contributed by atoms with Crippen LogP contribution in [0.15, 0.2) is 48.5 Å². The summed E-state index contributed by atoms with van der Waals surface area (Å²) in [4.78, 5) is 37.6.